The lowest BCUT2D eigenvalue weighted by Crippen LogP contribution is -2.60. The molecule has 3 N–H and O–H groups in total. The maximum atomic E-state index is 12.5. The third-order valence-corrected chi connectivity index (χ3v) is 5.55. The summed E-state index contributed by atoms with van der Waals surface area (Å²) in [6.45, 7) is 8.22. The van der Waals surface area contributed by atoms with Crippen LogP contribution < -0.4 is 16.0 Å². The highest BCUT2D eigenvalue weighted by atomic mass is 19.1. The predicted octanol–water partition coefficient (Wildman–Crippen LogP) is 3.44. The molecule has 10 nitrogen and oxygen atoms in total. The number of halogens is 1. The number of alkyl halides is 1. The van der Waals surface area contributed by atoms with E-state index >= 15 is 0 Å². The Balaban J connectivity index is 1.54. The number of aromatic nitrogens is 6. The molecule has 0 bridgehead atoms. The second kappa shape index (κ2) is 9.30. The van der Waals surface area contributed by atoms with E-state index in [4.69, 9.17) is 0 Å². The van der Waals surface area contributed by atoms with Crippen molar-refractivity contribution in [3.63, 3.8) is 0 Å². The molecule has 1 saturated heterocycles. The van der Waals surface area contributed by atoms with Gasteiger partial charge < -0.3 is 16.0 Å². The van der Waals surface area contributed by atoms with E-state index in [9.17, 15) is 9.65 Å². The molecule has 1 aliphatic heterocycles. The first-order valence-electron chi connectivity index (χ1n) is 11.2. The molecule has 1 aliphatic rings. The van der Waals surface area contributed by atoms with Crippen molar-refractivity contribution >= 4 is 17.5 Å². The SMILES string of the molecule is CC1(C)CC(Nc2nc(Nc3cccc(-c4nnn(CCF)n4)c3)ncc2C#N)CC(C)(C)N1. The largest absolute Gasteiger partial charge is 0.366 e. The Labute approximate surface area is 198 Å². The fourth-order valence-electron chi connectivity index (χ4n) is 4.65. The van der Waals surface area contributed by atoms with Crippen LogP contribution in [0.25, 0.3) is 11.4 Å². The van der Waals surface area contributed by atoms with E-state index in [1.807, 2.05) is 24.3 Å². The Morgan fingerprint density at radius 3 is 2.71 bits per heavy atom. The number of tetrazole rings is 1. The van der Waals surface area contributed by atoms with Crippen LogP contribution in [0.15, 0.2) is 30.5 Å². The van der Waals surface area contributed by atoms with Gasteiger partial charge in [0.05, 0.1) is 12.7 Å². The monoisotopic (exact) mass is 464 g/mol. The molecule has 2 aromatic heterocycles. The van der Waals surface area contributed by atoms with Gasteiger partial charge in [-0.2, -0.15) is 15.0 Å². The molecule has 3 heterocycles. The zero-order valence-corrected chi connectivity index (χ0v) is 19.8. The topological polar surface area (TPSA) is 129 Å². The molecule has 0 amide bonds. The highest BCUT2D eigenvalue weighted by molar-refractivity contribution is 5.65. The van der Waals surface area contributed by atoms with Gasteiger partial charge in [0.2, 0.25) is 11.8 Å². The van der Waals surface area contributed by atoms with Crippen LogP contribution in [0.3, 0.4) is 0 Å². The number of anilines is 3. The predicted molar refractivity (Wildman–Crippen MR) is 127 cm³/mol. The number of benzene rings is 1. The molecule has 0 atom stereocenters. The maximum Gasteiger partial charge on any atom is 0.229 e. The molecule has 0 aliphatic carbocycles. The zero-order chi connectivity index (χ0) is 24.3. The van der Waals surface area contributed by atoms with Crippen LogP contribution in [0.5, 0.6) is 0 Å². The fraction of sp³-hybridized carbons (Fsp3) is 0.478. The Kier molecular flexibility index (Phi) is 6.43. The van der Waals surface area contributed by atoms with E-state index in [1.54, 1.807) is 0 Å². The summed E-state index contributed by atoms with van der Waals surface area (Å²) in [5.74, 6) is 1.27. The number of nitriles is 1. The first kappa shape index (κ1) is 23.5. The van der Waals surface area contributed by atoms with E-state index in [0.717, 1.165) is 24.1 Å². The fourth-order valence-corrected chi connectivity index (χ4v) is 4.65. The lowest BCUT2D eigenvalue weighted by molar-refractivity contribution is 0.170. The summed E-state index contributed by atoms with van der Waals surface area (Å²) in [4.78, 5) is 10.1. The van der Waals surface area contributed by atoms with Gasteiger partial charge in [-0.1, -0.05) is 12.1 Å². The first-order chi connectivity index (χ1) is 16.2. The summed E-state index contributed by atoms with van der Waals surface area (Å²) in [5.41, 5.74) is 1.75. The van der Waals surface area contributed by atoms with Crippen LogP contribution in [0.4, 0.5) is 21.8 Å². The smallest absolute Gasteiger partial charge is 0.229 e. The molecule has 1 fully saturated rings. The minimum absolute atomic E-state index is 0.0408. The van der Waals surface area contributed by atoms with Gasteiger partial charge in [-0.3, -0.25) is 0 Å². The molecule has 3 aromatic rings. The number of nitrogens with zero attached hydrogens (tertiary/aromatic N) is 7. The molecule has 11 heteroatoms. The van der Waals surface area contributed by atoms with Crippen molar-refractivity contribution in [1.82, 2.24) is 35.5 Å². The molecule has 0 spiro atoms. The van der Waals surface area contributed by atoms with Crippen molar-refractivity contribution in [3.05, 3.63) is 36.0 Å². The Hall–Kier alpha value is -3.65. The number of rotatable bonds is 7. The zero-order valence-electron chi connectivity index (χ0n) is 19.8. The van der Waals surface area contributed by atoms with Crippen LogP contribution >= 0.6 is 0 Å². The van der Waals surface area contributed by atoms with Gasteiger partial charge in [0.1, 0.15) is 24.1 Å². The molecule has 0 saturated carbocycles. The van der Waals surface area contributed by atoms with E-state index in [1.165, 1.54) is 11.0 Å². The quantitative estimate of drug-likeness (QED) is 0.481. The van der Waals surface area contributed by atoms with Gasteiger partial charge in [0.25, 0.3) is 0 Å². The first-order valence-corrected chi connectivity index (χ1v) is 11.2. The lowest BCUT2D eigenvalue weighted by Gasteiger charge is -2.46. The number of aryl methyl sites for hydroxylation is 1. The van der Waals surface area contributed by atoms with Crippen molar-refractivity contribution in [3.8, 4) is 17.5 Å². The van der Waals surface area contributed by atoms with Crippen LogP contribution in [-0.4, -0.2) is 54.0 Å². The molecule has 4 rings (SSSR count). The van der Waals surface area contributed by atoms with Crippen molar-refractivity contribution in [2.75, 3.05) is 17.3 Å². The van der Waals surface area contributed by atoms with E-state index in [-0.39, 0.29) is 23.7 Å². The molecule has 0 radical (unpaired) electrons. The molecule has 34 heavy (non-hydrogen) atoms. The summed E-state index contributed by atoms with van der Waals surface area (Å²) in [6.07, 6.45) is 3.31. The van der Waals surface area contributed by atoms with Gasteiger partial charge in [-0.25, -0.2) is 9.37 Å². The maximum absolute atomic E-state index is 12.5. The van der Waals surface area contributed by atoms with Crippen molar-refractivity contribution < 1.29 is 4.39 Å². The Bertz CT molecular complexity index is 1180. The third-order valence-electron chi connectivity index (χ3n) is 5.55. The van der Waals surface area contributed by atoms with Crippen LogP contribution in [0.1, 0.15) is 46.1 Å². The summed E-state index contributed by atoms with van der Waals surface area (Å²) in [6, 6.07) is 9.72. The van der Waals surface area contributed by atoms with Crippen LogP contribution in [-0.2, 0) is 6.54 Å². The van der Waals surface area contributed by atoms with Crippen LogP contribution in [0, 0.1) is 11.3 Å². The van der Waals surface area contributed by atoms with Gasteiger partial charge in [-0.05, 0) is 57.9 Å². The molecule has 178 valence electrons. The Morgan fingerprint density at radius 2 is 2.00 bits per heavy atom. The summed E-state index contributed by atoms with van der Waals surface area (Å²) >= 11 is 0. The highest BCUT2D eigenvalue weighted by Crippen LogP contribution is 2.31. The van der Waals surface area contributed by atoms with Crippen molar-refractivity contribution in [2.45, 2.75) is 64.2 Å². The van der Waals surface area contributed by atoms with Gasteiger partial charge in [-0.15, -0.1) is 10.2 Å². The summed E-state index contributed by atoms with van der Waals surface area (Å²) in [7, 11) is 0. The molecular formula is C23H29FN10. The van der Waals surface area contributed by atoms with Gasteiger partial charge in [0.15, 0.2) is 0 Å². The Morgan fingerprint density at radius 1 is 1.24 bits per heavy atom. The van der Waals surface area contributed by atoms with Gasteiger partial charge >= 0.3 is 0 Å². The number of piperidine rings is 1. The molecule has 0 unspecified atom stereocenters. The van der Waals surface area contributed by atoms with Gasteiger partial charge in [0, 0.05) is 28.4 Å². The highest BCUT2D eigenvalue weighted by Gasteiger charge is 2.38. The normalized spacial score (nSPS) is 17.2. The number of nitrogens with one attached hydrogen (secondary N) is 3. The lowest BCUT2D eigenvalue weighted by atomic mass is 9.79. The van der Waals surface area contributed by atoms with E-state index < -0.39 is 6.67 Å². The summed E-state index contributed by atoms with van der Waals surface area (Å²) in [5, 5.41) is 31.9. The average molecular weight is 465 g/mol. The molecular weight excluding hydrogens is 435 g/mol. The average Bonchev–Trinajstić information content (AvgIpc) is 3.21. The minimum Gasteiger partial charge on any atom is -0.366 e. The number of hydrogen-bond donors (Lipinski definition) is 3. The summed E-state index contributed by atoms with van der Waals surface area (Å²) < 4.78 is 12.5. The van der Waals surface area contributed by atoms with Crippen molar-refractivity contribution in [2.24, 2.45) is 0 Å². The second-order valence-electron chi connectivity index (χ2n) is 9.81. The standard InChI is InChI=1S/C23H29FN10/c1-22(2)11-18(12-23(3,4)32-22)27-19-16(13-25)14-26-21(29-19)28-17-7-5-6-15(10-17)20-30-33-34(31-20)9-8-24/h5-7,10,14,18,32H,8-9,11-12H2,1-4H3,(H2,26,27,28,29). The third kappa shape index (κ3) is 5.63. The van der Waals surface area contributed by atoms with Crippen LogP contribution in [0.2, 0.25) is 0 Å². The minimum atomic E-state index is -0.559. The number of hydrogen-bond acceptors (Lipinski definition) is 9. The van der Waals surface area contributed by atoms with E-state index in [0.29, 0.717) is 23.2 Å². The van der Waals surface area contributed by atoms with Crippen molar-refractivity contribution in [1.29, 1.82) is 5.26 Å². The molecule has 1 aromatic carbocycles. The second-order valence-corrected chi connectivity index (χ2v) is 9.81. The van der Waals surface area contributed by atoms with E-state index in [2.05, 4.69) is 75.1 Å².